The van der Waals surface area contributed by atoms with Crippen LogP contribution in [0.1, 0.15) is 22.7 Å². The summed E-state index contributed by atoms with van der Waals surface area (Å²) in [5.74, 6) is -1.16. The van der Waals surface area contributed by atoms with E-state index in [0.29, 0.717) is 5.56 Å². The second kappa shape index (κ2) is 4.96. The third-order valence-corrected chi connectivity index (χ3v) is 4.46. The first kappa shape index (κ1) is 13.2. The molecule has 0 fully saturated rings. The van der Waals surface area contributed by atoms with Crippen molar-refractivity contribution in [2.24, 2.45) is 5.73 Å². The number of fused-ring (bicyclic) bond motifs is 1. The maximum atomic E-state index is 14.2. The van der Waals surface area contributed by atoms with E-state index in [2.05, 4.69) is 0 Å². The van der Waals surface area contributed by atoms with Crippen LogP contribution in [0.3, 0.4) is 0 Å². The molecule has 0 aliphatic heterocycles. The van der Waals surface area contributed by atoms with Gasteiger partial charge < -0.3 is 5.73 Å². The van der Waals surface area contributed by atoms with Gasteiger partial charge in [-0.3, -0.25) is 0 Å². The van der Waals surface area contributed by atoms with Crippen LogP contribution in [0.2, 0.25) is 0 Å². The summed E-state index contributed by atoms with van der Waals surface area (Å²) in [7, 11) is 0. The Balaban J connectivity index is 2.18. The zero-order chi connectivity index (χ0) is 14.3. The first-order valence-electron chi connectivity index (χ1n) is 6.26. The Hall–Kier alpha value is -1.78. The van der Waals surface area contributed by atoms with Gasteiger partial charge in [-0.05, 0) is 40.9 Å². The molecule has 0 aliphatic carbocycles. The highest BCUT2D eigenvalue weighted by molar-refractivity contribution is 7.17. The zero-order valence-electron chi connectivity index (χ0n) is 10.9. The molecule has 0 aliphatic rings. The van der Waals surface area contributed by atoms with Crippen molar-refractivity contribution < 1.29 is 8.78 Å². The van der Waals surface area contributed by atoms with Crippen LogP contribution in [0.15, 0.2) is 41.8 Å². The monoisotopic (exact) mass is 289 g/mol. The zero-order valence-corrected chi connectivity index (χ0v) is 11.7. The molecule has 0 bridgehead atoms. The van der Waals surface area contributed by atoms with E-state index in [0.717, 1.165) is 15.6 Å². The summed E-state index contributed by atoms with van der Waals surface area (Å²) in [4.78, 5) is 0. The number of halogens is 2. The van der Waals surface area contributed by atoms with Crippen LogP contribution in [0, 0.1) is 18.6 Å². The number of thiophene rings is 1. The molecule has 3 rings (SSSR count). The van der Waals surface area contributed by atoms with Gasteiger partial charge in [0.05, 0.1) is 6.04 Å². The van der Waals surface area contributed by atoms with E-state index in [1.165, 1.54) is 23.5 Å². The van der Waals surface area contributed by atoms with E-state index >= 15 is 0 Å². The van der Waals surface area contributed by atoms with Gasteiger partial charge >= 0.3 is 0 Å². The third kappa shape index (κ3) is 2.01. The molecule has 20 heavy (non-hydrogen) atoms. The van der Waals surface area contributed by atoms with Crippen LogP contribution in [0.4, 0.5) is 8.78 Å². The predicted molar refractivity (Wildman–Crippen MR) is 79.0 cm³/mol. The fraction of sp³-hybridized carbons (Fsp3) is 0.125. The van der Waals surface area contributed by atoms with Crippen molar-refractivity contribution in [2.45, 2.75) is 13.0 Å². The molecule has 4 heteroatoms. The van der Waals surface area contributed by atoms with E-state index in [1.807, 2.05) is 29.6 Å². The lowest BCUT2D eigenvalue weighted by molar-refractivity contribution is 0.539. The Morgan fingerprint density at radius 2 is 1.85 bits per heavy atom. The van der Waals surface area contributed by atoms with E-state index in [9.17, 15) is 8.78 Å². The summed E-state index contributed by atoms with van der Waals surface area (Å²) in [6.45, 7) is 1.61. The quantitative estimate of drug-likeness (QED) is 0.736. The van der Waals surface area contributed by atoms with Crippen molar-refractivity contribution in [2.75, 3.05) is 0 Å². The molecule has 3 aromatic rings. The second-order valence-corrected chi connectivity index (χ2v) is 5.67. The Kier molecular flexibility index (Phi) is 3.28. The van der Waals surface area contributed by atoms with Gasteiger partial charge in [0, 0.05) is 10.3 Å². The molecule has 0 radical (unpaired) electrons. The Morgan fingerprint density at radius 3 is 2.65 bits per heavy atom. The van der Waals surface area contributed by atoms with Gasteiger partial charge in [0.2, 0.25) is 0 Å². The van der Waals surface area contributed by atoms with Crippen molar-refractivity contribution in [3.63, 3.8) is 0 Å². The number of aryl methyl sites for hydroxylation is 1. The number of benzene rings is 2. The predicted octanol–water partition coefficient (Wildman–Crippen LogP) is 4.54. The molecule has 2 N–H and O–H groups in total. The van der Waals surface area contributed by atoms with Gasteiger partial charge in [-0.1, -0.05) is 24.3 Å². The first-order chi connectivity index (χ1) is 9.59. The van der Waals surface area contributed by atoms with Crippen LogP contribution < -0.4 is 5.73 Å². The Bertz CT molecular complexity index is 779. The fourth-order valence-corrected chi connectivity index (χ4v) is 3.36. The highest BCUT2D eigenvalue weighted by Crippen LogP contribution is 2.34. The molecule has 1 heterocycles. The lowest BCUT2D eigenvalue weighted by Crippen LogP contribution is -2.16. The third-order valence-electron chi connectivity index (χ3n) is 3.48. The van der Waals surface area contributed by atoms with Gasteiger partial charge in [-0.2, -0.15) is 0 Å². The largest absolute Gasteiger partial charge is 0.320 e. The SMILES string of the molecule is Cc1ccc(F)c(C(N)c2csc3ccccc23)c1F. The van der Waals surface area contributed by atoms with Crippen LogP contribution in [0.25, 0.3) is 10.1 Å². The lowest BCUT2D eigenvalue weighted by Gasteiger charge is -2.15. The molecule has 102 valence electrons. The van der Waals surface area contributed by atoms with E-state index < -0.39 is 17.7 Å². The fourth-order valence-electron chi connectivity index (χ4n) is 2.36. The molecule has 2 aromatic carbocycles. The van der Waals surface area contributed by atoms with Crippen LogP contribution >= 0.6 is 11.3 Å². The van der Waals surface area contributed by atoms with Gasteiger partial charge in [0.1, 0.15) is 11.6 Å². The van der Waals surface area contributed by atoms with Crippen molar-refractivity contribution in [1.29, 1.82) is 0 Å². The first-order valence-corrected chi connectivity index (χ1v) is 7.13. The summed E-state index contributed by atoms with van der Waals surface area (Å²) in [5, 5.41) is 2.82. The highest BCUT2D eigenvalue weighted by atomic mass is 32.1. The van der Waals surface area contributed by atoms with Crippen molar-refractivity contribution in [3.8, 4) is 0 Å². The highest BCUT2D eigenvalue weighted by Gasteiger charge is 2.22. The molecule has 1 nitrogen and oxygen atoms in total. The molecular weight excluding hydrogens is 276 g/mol. The van der Waals surface area contributed by atoms with Crippen molar-refractivity contribution >= 4 is 21.4 Å². The standard InChI is InChI=1S/C16H13F2NS/c1-9-6-7-12(17)14(15(9)18)16(19)11-8-20-13-5-3-2-4-10(11)13/h2-8,16H,19H2,1H3. The number of hydrogen-bond donors (Lipinski definition) is 1. The topological polar surface area (TPSA) is 26.0 Å². The minimum atomic E-state index is -0.800. The molecule has 1 aromatic heterocycles. The molecule has 0 amide bonds. The van der Waals surface area contributed by atoms with Gasteiger partial charge in [-0.25, -0.2) is 8.78 Å². The number of nitrogens with two attached hydrogens (primary N) is 1. The average molecular weight is 289 g/mol. The van der Waals surface area contributed by atoms with E-state index in [-0.39, 0.29) is 5.56 Å². The summed E-state index contributed by atoms with van der Waals surface area (Å²) in [5.41, 5.74) is 7.22. The maximum absolute atomic E-state index is 14.2. The van der Waals surface area contributed by atoms with E-state index in [1.54, 1.807) is 6.92 Å². The summed E-state index contributed by atoms with van der Waals surface area (Å²) in [6.07, 6.45) is 0. The number of rotatable bonds is 2. The summed E-state index contributed by atoms with van der Waals surface area (Å²) >= 11 is 1.53. The van der Waals surface area contributed by atoms with Gasteiger partial charge in [0.25, 0.3) is 0 Å². The smallest absolute Gasteiger partial charge is 0.134 e. The van der Waals surface area contributed by atoms with Crippen LogP contribution in [-0.4, -0.2) is 0 Å². The lowest BCUT2D eigenvalue weighted by atomic mass is 9.96. The normalized spacial score (nSPS) is 12.8. The Morgan fingerprint density at radius 1 is 1.10 bits per heavy atom. The molecule has 1 atom stereocenters. The maximum Gasteiger partial charge on any atom is 0.134 e. The van der Waals surface area contributed by atoms with Crippen molar-refractivity contribution in [1.82, 2.24) is 0 Å². The molecular formula is C16H13F2NS. The van der Waals surface area contributed by atoms with Crippen LogP contribution in [-0.2, 0) is 0 Å². The van der Waals surface area contributed by atoms with Gasteiger partial charge in [0.15, 0.2) is 0 Å². The Labute approximate surface area is 119 Å². The van der Waals surface area contributed by atoms with Crippen molar-refractivity contribution in [3.05, 3.63) is 70.1 Å². The van der Waals surface area contributed by atoms with E-state index in [4.69, 9.17) is 5.73 Å². The minimum absolute atomic E-state index is 0.0615. The number of hydrogen-bond acceptors (Lipinski definition) is 2. The molecule has 0 spiro atoms. The molecule has 0 saturated heterocycles. The second-order valence-electron chi connectivity index (χ2n) is 4.76. The molecule has 0 saturated carbocycles. The minimum Gasteiger partial charge on any atom is -0.320 e. The van der Waals surface area contributed by atoms with Crippen LogP contribution in [0.5, 0.6) is 0 Å². The summed E-state index contributed by atoms with van der Waals surface area (Å²) < 4.78 is 29.2. The average Bonchev–Trinajstić information content (AvgIpc) is 2.87. The van der Waals surface area contributed by atoms with Gasteiger partial charge in [-0.15, -0.1) is 11.3 Å². The molecule has 1 unspecified atom stereocenters. The summed E-state index contributed by atoms with van der Waals surface area (Å²) in [6, 6.07) is 9.61.